The maximum absolute atomic E-state index is 13.0. The van der Waals surface area contributed by atoms with Gasteiger partial charge in [-0.15, -0.1) is 0 Å². The van der Waals surface area contributed by atoms with Gasteiger partial charge in [0.1, 0.15) is 11.7 Å². The van der Waals surface area contributed by atoms with Crippen LogP contribution in [0.3, 0.4) is 0 Å². The number of aromatic nitrogens is 4. The minimum atomic E-state index is -0.665. The van der Waals surface area contributed by atoms with Crippen LogP contribution in [-0.2, 0) is 38.6 Å². The number of carbonyl (C=O) groups is 5. The van der Waals surface area contributed by atoms with Crippen molar-refractivity contribution >= 4 is 46.0 Å². The standard InChI is InChI=1S/C43H43N9O6/c1-25(53)50-16-11-37-34(24-50)40(49-52(37)30-12-17-58-18-13-30)32-4-2-3-26-20-36(47-22-33(26)32)27-5-8-35(46-21-27)41(55)45-15-14-44-29-6-7-31-28(19-29)23-51(43(31)57)38-9-10-39(54)48-42(38)56/h2-8,19-22,30,38,44H,9-18,23-24H2,1H3,(H,45,55)(H,48,54,56). The monoisotopic (exact) mass is 781 g/mol. The second-order valence-electron chi connectivity index (χ2n) is 15.2. The van der Waals surface area contributed by atoms with Crippen molar-refractivity contribution in [2.75, 3.05) is 38.2 Å². The smallest absolute Gasteiger partial charge is 0.269 e. The first kappa shape index (κ1) is 37.1. The van der Waals surface area contributed by atoms with Gasteiger partial charge < -0.3 is 25.2 Å². The van der Waals surface area contributed by atoms with Gasteiger partial charge in [0.25, 0.3) is 11.8 Å². The van der Waals surface area contributed by atoms with Crippen LogP contribution in [0.25, 0.3) is 33.3 Å². The molecule has 2 saturated heterocycles. The maximum atomic E-state index is 13.0. The van der Waals surface area contributed by atoms with E-state index in [0.717, 1.165) is 69.4 Å². The van der Waals surface area contributed by atoms with Crippen molar-refractivity contribution in [2.24, 2.45) is 0 Å². The van der Waals surface area contributed by atoms with Crippen molar-refractivity contribution in [1.29, 1.82) is 0 Å². The quantitative estimate of drug-likeness (QED) is 0.146. The summed E-state index contributed by atoms with van der Waals surface area (Å²) in [6.07, 6.45) is 6.62. The van der Waals surface area contributed by atoms with Crippen LogP contribution in [0.1, 0.15) is 76.3 Å². The van der Waals surface area contributed by atoms with Gasteiger partial charge in [0.2, 0.25) is 17.7 Å². The molecule has 15 nitrogen and oxygen atoms in total. The van der Waals surface area contributed by atoms with Crippen molar-refractivity contribution in [3.63, 3.8) is 0 Å². The lowest BCUT2D eigenvalue weighted by Gasteiger charge is -2.29. The second-order valence-corrected chi connectivity index (χ2v) is 15.2. The van der Waals surface area contributed by atoms with Gasteiger partial charge >= 0.3 is 0 Å². The molecule has 3 N–H and O–H groups in total. The first-order chi connectivity index (χ1) is 28.2. The summed E-state index contributed by atoms with van der Waals surface area (Å²) < 4.78 is 7.84. The number of benzene rings is 2. The van der Waals surface area contributed by atoms with Crippen LogP contribution in [-0.4, -0.2) is 98.0 Å². The molecule has 2 aromatic carbocycles. The van der Waals surface area contributed by atoms with E-state index < -0.39 is 11.9 Å². The number of nitrogens with zero attached hydrogens (tertiary/aromatic N) is 6. The number of carbonyl (C=O) groups excluding carboxylic acids is 5. The summed E-state index contributed by atoms with van der Waals surface area (Å²) in [6.45, 7) is 5.31. The Labute approximate surface area is 334 Å². The Bertz CT molecular complexity index is 2470. The van der Waals surface area contributed by atoms with Gasteiger partial charge in [0.05, 0.1) is 17.4 Å². The molecule has 0 aliphatic carbocycles. The van der Waals surface area contributed by atoms with Crippen molar-refractivity contribution in [2.45, 2.75) is 64.2 Å². The van der Waals surface area contributed by atoms with Crippen LogP contribution in [0.4, 0.5) is 5.69 Å². The molecule has 0 spiro atoms. The van der Waals surface area contributed by atoms with Crippen LogP contribution < -0.4 is 16.0 Å². The Morgan fingerprint density at radius 2 is 1.78 bits per heavy atom. The lowest BCUT2D eigenvalue weighted by atomic mass is 9.96. The summed E-state index contributed by atoms with van der Waals surface area (Å²) in [5.41, 5.74) is 8.06. The van der Waals surface area contributed by atoms with Crippen molar-refractivity contribution in [1.82, 2.24) is 40.2 Å². The molecule has 0 saturated carbocycles. The van der Waals surface area contributed by atoms with E-state index in [1.807, 2.05) is 35.4 Å². The van der Waals surface area contributed by atoms with Crippen molar-refractivity contribution in [3.05, 3.63) is 95.1 Å². The highest BCUT2D eigenvalue weighted by atomic mass is 16.5. The van der Waals surface area contributed by atoms with Gasteiger partial charge in [-0.05, 0) is 66.6 Å². The van der Waals surface area contributed by atoms with Crippen molar-refractivity contribution < 1.29 is 28.7 Å². The Morgan fingerprint density at radius 1 is 0.914 bits per heavy atom. The normalized spacial score (nSPS) is 18.2. The summed E-state index contributed by atoms with van der Waals surface area (Å²) in [7, 11) is 0. The van der Waals surface area contributed by atoms with Gasteiger partial charge in [0, 0.05) is 117 Å². The second kappa shape index (κ2) is 15.5. The molecule has 4 aliphatic rings. The summed E-state index contributed by atoms with van der Waals surface area (Å²) in [6, 6.07) is 16.7. The fourth-order valence-electron chi connectivity index (χ4n) is 8.54. The highest BCUT2D eigenvalue weighted by Gasteiger charge is 2.39. The molecule has 7 heterocycles. The number of rotatable bonds is 9. The van der Waals surface area contributed by atoms with Gasteiger partial charge in [-0.1, -0.05) is 18.2 Å². The summed E-state index contributed by atoms with van der Waals surface area (Å²) in [5.74, 6) is -1.23. The molecule has 15 heteroatoms. The summed E-state index contributed by atoms with van der Waals surface area (Å²) in [5, 5.41) is 15.7. The van der Waals surface area contributed by atoms with Gasteiger partial charge in [-0.25, -0.2) is 0 Å². The van der Waals surface area contributed by atoms with E-state index in [9.17, 15) is 24.0 Å². The van der Waals surface area contributed by atoms with Crippen molar-refractivity contribution in [3.8, 4) is 22.5 Å². The Hall–Kier alpha value is -6.48. The molecule has 58 heavy (non-hydrogen) atoms. The lowest BCUT2D eigenvalue weighted by Crippen LogP contribution is -2.52. The molecular formula is C43H43N9O6. The van der Waals surface area contributed by atoms with Crippen LogP contribution in [0.15, 0.2) is 67.0 Å². The third-order valence-corrected chi connectivity index (χ3v) is 11.6. The topological polar surface area (TPSA) is 181 Å². The van der Waals surface area contributed by atoms with Crippen LogP contribution in [0, 0.1) is 0 Å². The van der Waals surface area contributed by atoms with Gasteiger partial charge in [-0.2, -0.15) is 5.10 Å². The predicted octanol–water partition coefficient (Wildman–Crippen LogP) is 4.02. The minimum absolute atomic E-state index is 0.0591. The number of nitrogens with one attached hydrogen (secondary N) is 3. The Morgan fingerprint density at radius 3 is 2.57 bits per heavy atom. The fraction of sp³-hybridized carbons (Fsp3) is 0.349. The van der Waals surface area contributed by atoms with E-state index in [1.165, 1.54) is 10.6 Å². The largest absolute Gasteiger partial charge is 0.383 e. The zero-order valence-electron chi connectivity index (χ0n) is 32.1. The van der Waals surface area contributed by atoms with Crippen LogP contribution in [0.2, 0.25) is 0 Å². The van der Waals surface area contributed by atoms with Gasteiger partial charge in [-0.3, -0.25) is 43.9 Å². The highest BCUT2D eigenvalue weighted by Crippen LogP contribution is 2.38. The minimum Gasteiger partial charge on any atom is -0.383 e. The summed E-state index contributed by atoms with van der Waals surface area (Å²) >= 11 is 0. The molecule has 1 atom stereocenters. The highest BCUT2D eigenvalue weighted by molar-refractivity contribution is 6.05. The Kier molecular flexibility index (Phi) is 9.89. The van der Waals surface area contributed by atoms with Crippen LogP contribution >= 0.6 is 0 Å². The molecule has 1 unspecified atom stereocenters. The van der Waals surface area contributed by atoms with Crippen LogP contribution in [0.5, 0.6) is 0 Å². The van der Waals surface area contributed by atoms with E-state index in [4.69, 9.17) is 14.8 Å². The van der Waals surface area contributed by atoms with E-state index in [-0.39, 0.29) is 48.3 Å². The molecule has 3 aromatic heterocycles. The number of amides is 5. The number of hydrogen-bond donors (Lipinski definition) is 3. The predicted molar refractivity (Wildman–Crippen MR) is 213 cm³/mol. The molecule has 5 amide bonds. The SMILES string of the molecule is CC(=O)N1CCc2c(c(-c3cccc4cc(-c5ccc(C(=O)NCCNc6ccc7c(c6)CN(C6CCC(=O)NC6=O)C7=O)nc5)ncc34)nn2C2CCOCC2)C1. The average molecular weight is 782 g/mol. The van der Waals surface area contributed by atoms with Gasteiger partial charge in [0.15, 0.2) is 0 Å². The molecule has 5 aromatic rings. The summed E-state index contributed by atoms with van der Waals surface area (Å²) in [4.78, 5) is 75.0. The molecule has 2 fully saturated rings. The number of pyridine rings is 2. The number of ether oxygens (including phenoxy) is 1. The number of hydrogen-bond acceptors (Lipinski definition) is 10. The molecule has 9 rings (SSSR count). The molecule has 0 radical (unpaired) electrons. The van der Waals surface area contributed by atoms with E-state index in [0.29, 0.717) is 51.4 Å². The zero-order valence-corrected chi connectivity index (χ0v) is 32.1. The number of anilines is 1. The number of imide groups is 1. The fourth-order valence-corrected chi connectivity index (χ4v) is 8.54. The lowest BCUT2D eigenvalue weighted by molar-refractivity contribution is -0.137. The molecule has 0 bridgehead atoms. The Balaban J connectivity index is 0.842. The third-order valence-electron chi connectivity index (χ3n) is 11.6. The molecule has 4 aliphatic heterocycles. The molecular weight excluding hydrogens is 739 g/mol. The average Bonchev–Trinajstić information content (AvgIpc) is 3.79. The third kappa shape index (κ3) is 7.06. The zero-order chi connectivity index (χ0) is 39.9. The first-order valence-corrected chi connectivity index (χ1v) is 19.8. The first-order valence-electron chi connectivity index (χ1n) is 19.8. The molecule has 296 valence electrons. The van der Waals surface area contributed by atoms with E-state index in [1.54, 1.807) is 31.3 Å². The number of piperidine rings is 1. The van der Waals surface area contributed by atoms with E-state index in [2.05, 4.69) is 37.7 Å². The van der Waals surface area contributed by atoms with E-state index >= 15 is 0 Å². The number of fused-ring (bicyclic) bond motifs is 3. The maximum Gasteiger partial charge on any atom is 0.269 e.